The van der Waals surface area contributed by atoms with Gasteiger partial charge in [0.15, 0.2) is 0 Å². The van der Waals surface area contributed by atoms with Gasteiger partial charge in [0.2, 0.25) is 0 Å². The van der Waals surface area contributed by atoms with Crippen LogP contribution in [-0.4, -0.2) is 26.1 Å². The largest absolute Gasteiger partial charge is 0.341 e. The third-order valence-corrected chi connectivity index (χ3v) is 10.4. The number of anilines is 4. The highest BCUT2D eigenvalue weighted by Gasteiger charge is 2.26. The summed E-state index contributed by atoms with van der Waals surface area (Å²) in [4.78, 5) is 4.71. The normalized spacial score (nSPS) is 11.6. The topological polar surface area (TPSA) is 60.9 Å². The van der Waals surface area contributed by atoms with E-state index in [0.717, 1.165) is 61.3 Å². The maximum Gasteiger partial charge on any atom is 0.294 e. The van der Waals surface area contributed by atoms with Crippen LogP contribution in [0.4, 0.5) is 22.7 Å². The molecule has 0 heterocycles. The Morgan fingerprint density at radius 3 is 1.31 bits per heavy atom. The Labute approximate surface area is 294 Å². The molecule has 0 aromatic heterocycles. The first-order valence-corrected chi connectivity index (χ1v) is 18.9. The predicted molar refractivity (Wildman–Crippen MR) is 206 cm³/mol. The third kappa shape index (κ3) is 8.09. The van der Waals surface area contributed by atoms with Crippen molar-refractivity contribution in [3.05, 3.63) is 148 Å². The number of benzene rings is 5. The minimum absolute atomic E-state index is 0.0756. The molecule has 0 spiro atoms. The number of nitrogens with zero attached hydrogens (tertiary/aromatic N) is 2. The molecule has 0 aliphatic carbocycles. The van der Waals surface area contributed by atoms with Crippen LogP contribution in [0.25, 0.3) is 0 Å². The van der Waals surface area contributed by atoms with Gasteiger partial charge in [0.1, 0.15) is 0 Å². The zero-order valence-electron chi connectivity index (χ0n) is 29.8. The van der Waals surface area contributed by atoms with Crippen LogP contribution in [0.15, 0.2) is 114 Å². The highest BCUT2D eigenvalue weighted by atomic mass is 32.2. The molecule has 5 aromatic carbocycles. The molecule has 0 saturated carbocycles. The number of para-hydroxylation sites is 2. The van der Waals surface area contributed by atoms with Crippen LogP contribution in [0.3, 0.4) is 0 Å². The minimum atomic E-state index is -4.47. The second kappa shape index (κ2) is 15.9. The lowest BCUT2D eigenvalue weighted by molar-refractivity contribution is 0.482. The van der Waals surface area contributed by atoms with E-state index in [2.05, 4.69) is 136 Å². The molecule has 0 unspecified atom stereocenters. The Bertz CT molecular complexity index is 1820. The Balaban J connectivity index is 1.61. The van der Waals surface area contributed by atoms with E-state index in [1.807, 2.05) is 12.1 Å². The first kappa shape index (κ1) is 35.9. The molecule has 0 radical (unpaired) electrons. The van der Waals surface area contributed by atoms with Gasteiger partial charge in [0.25, 0.3) is 10.1 Å². The lowest BCUT2D eigenvalue weighted by Gasteiger charge is -2.30. The number of aryl methyl sites for hydroxylation is 4. The van der Waals surface area contributed by atoms with Gasteiger partial charge in [-0.2, -0.15) is 8.42 Å². The van der Waals surface area contributed by atoms with Gasteiger partial charge in [-0.3, -0.25) is 4.55 Å². The van der Waals surface area contributed by atoms with Crippen molar-refractivity contribution in [1.29, 1.82) is 0 Å². The second-order valence-corrected chi connectivity index (χ2v) is 14.5. The van der Waals surface area contributed by atoms with Crippen molar-refractivity contribution in [2.75, 3.05) is 22.9 Å². The number of rotatable bonds is 14. The monoisotopic (exact) mass is 674 g/mol. The fourth-order valence-corrected chi connectivity index (χ4v) is 7.77. The zero-order chi connectivity index (χ0) is 35.1. The van der Waals surface area contributed by atoms with E-state index in [-0.39, 0.29) is 4.90 Å². The first-order valence-electron chi connectivity index (χ1n) is 17.5. The van der Waals surface area contributed by atoms with Crippen LogP contribution in [0, 0.1) is 27.7 Å². The fourth-order valence-electron chi connectivity index (χ4n) is 7.03. The summed E-state index contributed by atoms with van der Waals surface area (Å²) in [5.74, 6) is -0.421. The lowest BCUT2D eigenvalue weighted by atomic mass is 9.85. The molecule has 256 valence electrons. The molecule has 6 heteroatoms. The van der Waals surface area contributed by atoms with Crippen molar-refractivity contribution in [2.45, 2.75) is 78.0 Å². The van der Waals surface area contributed by atoms with Crippen LogP contribution in [0.1, 0.15) is 84.4 Å². The summed E-state index contributed by atoms with van der Waals surface area (Å²) >= 11 is 0. The van der Waals surface area contributed by atoms with E-state index >= 15 is 0 Å². The first-order chi connectivity index (χ1) is 23.5. The van der Waals surface area contributed by atoms with Gasteiger partial charge in [0, 0.05) is 41.8 Å². The average Bonchev–Trinajstić information content (AvgIpc) is 3.08. The molecule has 0 amide bonds. The molecular weight excluding hydrogens is 625 g/mol. The average molecular weight is 675 g/mol. The molecule has 5 aromatic rings. The van der Waals surface area contributed by atoms with Crippen molar-refractivity contribution in [3.63, 3.8) is 0 Å². The maximum absolute atomic E-state index is 12.7. The van der Waals surface area contributed by atoms with Crippen LogP contribution >= 0.6 is 0 Å². The quantitative estimate of drug-likeness (QED) is 0.0938. The van der Waals surface area contributed by atoms with Crippen molar-refractivity contribution in [2.24, 2.45) is 0 Å². The van der Waals surface area contributed by atoms with Gasteiger partial charge >= 0.3 is 0 Å². The predicted octanol–water partition coefficient (Wildman–Crippen LogP) is 11.2. The molecule has 0 aliphatic heterocycles. The van der Waals surface area contributed by atoms with E-state index < -0.39 is 16.0 Å². The molecular formula is C43H50N2O3S. The Morgan fingerprint density at radius 2 is 0.939 bits per heavy atom. The highest BCUT2D eigenvalue weighted by molar-refractivity contribution is 7.85. The lowest BCUT2D eigenvalue weighted by Crippen LogP contribution is -2.21. The minimum Gasteiger partial charge on any atom is -0.341 e. The van der Waals surface area contributed by atoms with Gasteiger partial charge in [-0.15, -0.1) is 0 Å². The molecule has 0 bridgehead atoms. The second-order valence-electron chi connectivity index (χ2n) is 13.1. The Kier molecular flexibility index (Phi) is 11.6. The molecule has 0 atom stereocenters. The number of unbranched alkanes of at least 4 members (excludes halogenated alkanes) is 2. The number of hydrogen-bond acceptors (Lipinski definition) is 4. The van der Waals surface area contributed by atoms with Gasteiger partial charge in [-0.1, -0.05) is 106 Å². The molecule has 5 nitrogen and oxygen atoms in total. The Hall–Kier alpha value is -4.39. The summed E-state index contributed by atoms with van der Waals surface area (Å²) in [5, 5.41) is 0. The maximum atomic E-state index is 12.7. The van der Waals surface area contributed by atoms with Crippen LogP contribution in [0.5, 0.6) is 0 Å². The van der Waals surface area contributed by atoms with Crippen molar-refractivity contribution < 1.29 is 13.0 Å². The van der Waals surface area contributed by atoms with Crippen LogP contribution < -0.4 is 9.80 Å². The summed E-state index contributed by atoms with van der Waals surface area (Å²) in [6.07, 6.45) is 4.29. The summed E-state index contributed by atoms with van der Waals surface area (Å²) in [6.45, 7) is 14.8. The highest BCUT2D eigenvalue weighted by Crippen LogP contribution is 2.40. The molecule has 5 rings (SSSR count). The van der Waals surface area contributed by atoms with Gasteiger partial charge in [-0.05, 0) is 110 Å². The van der Waals surface area contributed by atoms with E-state index in [9.17, 15) is 13.0 Å². The summed E-state index contributed by atoms with van der Waals surface area (Å²) in [6, 6.07) is 36.6. The smallest absolute Gasteiger partial charge is 0.294 e. The molecule has 0 saturated heterocycles. The molecule has 0 aliphatic rings. The molecule has 0 fully saturated rings. The van der Waals surface area contributed by atoms with E-state index in [0.29, 0.717) is 5.56 Å². The SMILES string of the molecule is CCCCN(c1ccc(C(c2ccc(N(CCCC)c3c(C)cccc3C)cc2)c2ccccc2S(=O)(=O)O)cc1)c1c(C)cccc1C. The fraction of sp³-hybridized carbons (Fsp3) is 0.302. The van der Waals surface area contributed by atoms with Gasteiger partial charge in [-0.25, -0.2) is 0 Å². The van der Waals surface area contributed by atoms with E-state index in [4.69, 9.17) is 0 Å². The Morgan fingerprint density at radius 1 is 0.551 bits per heavy atom. The standard InChI is InChI=1S/C43H50N2O3S/c1-7-9-29-44(42-31(3)15-13-16-32(42)4)37-25-21-35(22-26-37)41(39-19-11-12-20-40(39)49(46,47)48)36-23-27-38(28-24-36)45(30-10-8-2)43-33(5)17-14-18-34(43)6/h11-28,41H,7-10,29-30H2,1-6H3,(H,46,47,48). The molecule has 1 N–H and O–H groups in total. The van der Waals surface area contributed by atoms with Crippen LogP contribution in [0.2, 0.25) is 0 Å². The number of hydrogen-bond donors (Lipinski definition) is 1. The zero-order valence-corrected chi connectivity index (χ0v) is 30.6. The van der Waals surface area contributed by atoms with Crippen molar-refractivity contribution in [1.82, 2.24) is 0 Å². The van der Waals surface area contributed by atoms with Crippen molar-refractivity contribution >= 4 is 32.9 Å². The van der Waals surface area contributed by atoms with Crippen LogP contribution in [-0.2, 0) is 10.1 Å². The summed E-state index contributed by atoms with van der Waals surface area (Å²) < 4.78 is 35.7. The van der Waals surface area contributed by atoms with Gasteiger partial charge < -0.3 is 9.80 Å². The summed E-state index contributed by atoms with van der Waals surface area (Å²) in [7, 11) is -4.47. The van der Waals surface area contributed by atoms with Gasteiger partial charge in [0.05, 0.1) is 4.90 Å². The third-order valence-electron chi connectivity index (χ3n) is 9.47. The van der Waals surface area contributed by atoms with Crippen molar-refractivity contribution in [3.8, 4) is 0 Å². The summed E-state index contributed by atoms with van der Waals surface area (Å²) in [5.41, 5.74) is 12.0. The van der Waals surface area contributed by atoms with E-state index in [1.165, 1.54) is 39.7 Å². The van der Waals surface area contributed by atoms with E-state index in [1.54, 1.807) is 6.07 Å². The molecule has 49 heavy (non-hydrogen) atoms.